The summed E-state index contributed by atoms with van der Waals surface area (Å²) in [7, 11) is 0. The lowest BCUT2D eigenvalue weighted by Crippen LogP contribution is -2.41. The van der Waals surface area contributed by atoms with Gasteiger partial charge in [0.2, 0.25) is 0 Å². The number of halogens is 2. The smallest absolute Gasteiger partial charge is 0.331 e. The van der Waals surface area contributed by atoms with Gasteiger partial charge in [0.15, 0.2) is 6.61 Å². The van der Waals surface area contributed by atoms with Crippen LogP contribution >= 0.6 is 23.2 Å². The van der Waals surface area contributed by atoms with E-state index in [9.17, 15) is 14.4 Å². The van der Waals surface area contributed by atoms with Crippen molar-refractivity contribution in [2.75, 3.05) is 13.2 Å². The minimum Gasteiger partial charge on any atom is -0.452 e. The molecule has 3 amide bonds. The predicted octanol–water partition coefficient (Wildman–Crippen LogP) is 2.40. The fourth-order valence-corrected chi connectivity index (χ4v) is 1.64. The van der Waals surface area contributed by atoms with Crippen LogP contribution in [0.3, 0.4) is 0 Å². The average Bonchev–Trinajstić information content (AvgIpc) is 2.46. The van der Waals surface area contributed by atoms with Crippen molar-refractivity contribution in [2.24, 2.45) is 0 Å². The highest BCUT2D eigenvalue weighted by molar-refractivity contribution is 6.42. The number of hydrogen-bond donors (Lipinski definition) is 2. The number of imide groups is 1. The molecule has 118 valence electrons. The van der Waals surface area contributed by atoms with Crippen molar-refractivity contribution in [1.29, 1.82) is 0 Å². The normalized spacial score (nSPS) is 10.3. The van der Waals surface area contributed by atoms with Gasteiger partial charge in [-0.2, -0.15) is 0 Å². The summed E-state index contributed by atoms with van der Waals surface area (Å²) in [5.74, 6) is -1.45. The van der Waals surface area contributed by atoms with Crippen molar-refractivity contribution in [3.05, 3.63) is 39.9 Å². The fraction of sp³-hybridized carbons (Fsp3) is 0.214. The van der Waals surface area contributed by atoms with Crippen LogP contribution in [0.2, 0.25) is 10.0 Å². The monoisotopic (exact) mass is 344 g/mol. The van der Waals surface area contributed by atoms with Gasteiger partial charge < -0.3 is 10.1 Å². The van der Waals surface area contributed by atoms with Gasteiger partial charge in [-0.3, -0.25) is 10.1 Å². The maximum atomic E-state index is 11.4. The Balaban J connectivity index is 2.42. The van der Waals surface area contributed by atoms with Crippen molar-refractivity contribution in [3.63, 3.8) is 0 Å². The van der Waals surface area contributed by atoms with Crippen LogP contribution in [0, 0.1) is 0 Å². The fourth-order valence-electron chi connectivity index (χ4n) is 1.33. The maximum absolute atomic E-state index is 11.4. The van der Waals surface area contributed by atoms with Gasteiger partial charge >= 0.3 is 12.0 Å². The van der Waals surface area contributed by atoms with Gasteiger partial charge in [-0.15, -0.1) is 0 Å². The van der Waals surface area contributed by atoms with E-state index in [0.29, 0.717) is 22.2 Å². The van der Waals surface area contributed by atoms with E-state index in [0.717, 1.165) is 6.08 Å². The molecule has 8 heteroatoms. The van der Waals surface area contributed by atoms with Crippen LogP contribution in [-0.2, 0) is 14.3 Å². The summed E-state index contributed by atoms with van der Waals surface area (Å²) >= 11 is 11.6. The first-order valence-electron chi connectivity index (χ1n) is 6.30. The van der Waals surface area contributed by atoms with Crippen LogP contribution in [0.4, 0.5) is 4.79 Å². The zero-order chi connectivity index (χ0) is 16.5. The molecule has 1 aromatic rings. The van der Waals surface area contributed by atoms with E-state index in [1.165, 1.54) is 6.08 Å². The average molecular weight is 345 g/mol. The Labute approximate surface area is 137 Å². The standard InChI is InChI=1S/C14H14Cl2N2O4/c1-2-17-14(21)18-12(19)8-22-13(20)6-4-9-3-5-10(15)11(16)7-9/h3-7H,2,8H2,1H3,(H2,17,18,19,21). The first kappa shape index (κ1) is 18.0. The first-order chi connectivity index (χ1) is 10.4. The number of esters is 1. The molecule has 0 heterocycles. The molecule has 0 aliphatic rings. The molecule has 1 rings (SSSR count). The van der Waals surface area contributed by atoms with Crippen molar-refractivity contribution in [3.8, 4) is 0 Å². The second-order valence-electron chi connectivity index (χ2n) is 4.02. The molecule has 0 saturated carbocycles. The van der Waals surface area contributed by atoms with Crippen LogP contribution in [0.1, 0.15) is 12.5 Å². The number of urea groups is 1. The molecule has 0 saturated heterocycles. The molecule has 6 nitrogen and oxygen atoms in total. The molecule has 1 aromatic carbocycles. The predicted molar refractivity (Wildman–Crippen MR) is 83.7 cm³/mol. The zero-order valence-corrected chi connectivity index (χ0v) is 13.2. The number of carbonyl (C=O) groups is 3. The van der Waals surface area contributed by atoms with Crippen LogP contribution in [0.25, 0.3) is 6.08 Å². The highest BCUT2D eigenvalue weighted by Crippen LogP contribution is 2.23. The molecular formula is C14H14Cl2N2O4. The molecule has 0 spiro atoms. The first-order valence-corrected chi connectivity index (χ1v) is 7.05. The highest BCUT2D eigenvalue weighted by atomic mass is 35.5. The SMILES string of the molecule is CCNC(=O)NC(=O)COC(=O)C=Cc1ccc(Cl)c(Cl)c1. The number of nitrogens with one attached hydrogen (secondary N) is 2. The lowest BCUT2D eigenvalue weighted by atomic mass is 10.2. The molecular weight excluding hydrogens is 331 g/mol. The number of rotatable bonds is 5. The maximum Gasteiger partial charge on any atom is 0.331 e. The molecule has 0 aliphatic carbocycles. The summed E-state index contributed by atoms with van der Waals surface area (Å²) < 4.78 is 4.68. The van der Waals surface area contributed by atoms with Gasteiger partial charge in [0.25, 0.3) is 5.91 Å². The zero-order valence-electron chi connectivity index (χ0n) is 11.7. The van der Waals surface area contributed by atoms with Gasteiger partial charge in [-0.25, -0.2) is 9.59 Å². The Bertz CT molecular complexity index is 603. The Kier molecular flexibility index (Phi) is 7.42. The third kappa shape index (κ3) is 6.60. The van der Waals surface area contributed by atoms with Gasteiger partial charge in [0, 0.05) is 12.6 Å². The van der Waals surface area contributed by atoms with Crippen LogP contribution in [0.15, 0.2) is 24.3 Å². The van der Waals surface area contributed by atoms with E-state index < -0.39 is 24.5 Å². The summed E-state index contributed by atoms with van der Waals surface area (Å²) in [6.45, 7) is 1.53. The quantitative estimate of drug-likeness (QED) is 0.634. The molecule has 0 atom stereocenters. The Morgan fingerprint density at radius 3 is 2.59 bits per heavy atom. The minimum atomic E-state index is -0.725. The number of carbonyl (C=O) groups excluding carboxylic acids is 3. The van der Waals surface area contributed by atoms with Crippen molar-refractivity contribution >= 4 is 47.2 Å². The molecule has 0 radical (unpaired) electrons. The number of ether oxygens (including phenoxy) is 1. The summed E-state index contributed by atoms with van der Waals surface area (Å²) in [6.07, 6.45) is 2.60. The third-order valence-corrected chi connectivity index (χ3v) is 3.03. The van der Waals surface area contributed by atoms with Crippen molar-refractivity contribution in [1.82, 2.24) is 10.6 Å². The largest absolute Gasteiger partial charge is 0.452 e. The van der Waals surface area contributed by atoms with Gasteiger partial charge in [-0.05, 0) is 30.7 Å². The topological polar surface area (TPSA) is 84.5 Å². The second kappa shape index (κ2) is 9.07. The van der Waals surface area contributed by atoms with Gasteiger partial charge in [-0.1, -0.05) is 29.3 Å². The minimum absolute atomic E-state index is 0.360. The van der Waals surface area contributed by atoms with Crippen molar-refractivity contribution < 1.29 is 19.1 Å². The van der Waals surface area contributed by atoms with Crippen LogP contribution in [0.5, 0.6) is 0 Å². The number of benzene rings is 1. The van der Waals surface area contributed by atoms with Gasteiger partial charge in [0.05, 0.1) is 10.0 Å². The number of amides is 3. The summed E-state index contributed by atoms with van der Waals surface area (Å²) in [4.78, 5) is 33.8. The van der Waals surface area contributed by atoms with E-state index in [2.05, 4.69) is 10.1 Å². The molecule has 0 bridgehead atoms. The van der Waals surface area contributed by atoms with E-state index >= 15 is 0 Å². The molecule has 0 aromatic heterocycles. The lowest BCUT2D eigenvalue weighted by molar-refractivity contribution is -0.143. The van der Waals surface area contributed by atoms with Crippen molar-refractivity contribution in [2.45, 2.75) is 6.92 Å². The third-order valence-electron chi connectivity index (χ3n) is 2.29. The molecule has 0 aliphatic heterocycles. The van der Waals surface area contributed by atoms with E-state index in [4.69, 9.17) is 23.2 Å². The Morgan fingerprint density at radius 2 is 1.95 bits per heavy atom. The Hall–Kier alpha value is -2.05. The van der Waals surface area contributed by atoms with Crippen LogP contribution < -0.4 is 10.6 Å². The lowest BCUT2D eigenvalue weighted by Gasteiger charge is -2.04. The highest BCUT2D eigenvalue weighted by Gasteiger charge is 2.08. The van der Waals surface area contributed by atoms with E-state index in [1.54, 1.807) is 25.1 Å². The molecule has 0 fully saturated rings. The molecule has 0 unspecified atom stereocenters. The van der Waals surface area contributed by atoms with E-state index in [-0.39, 0.29) is 0 Å². The summed E-state index contributed by atoms with van der Waals surface area (Å²) in [6, 6.07) is 4.19. The second-order valence-corrected chi connectivity index (χ2v) is 4.84. The number of hydrogen-bond acceptors (Lipinski definition) is 4. The summed E-state index contributed by atoms with van der Waals surface area (Å²) in [5, 5.41) is 5.14. The molecule has 2 N–H and O–H groups in total. The van der Waals surface area contributed by atoms with E-state index in [1.807, 2.05) is 5.32 Å². The van der Waals surface area contributed by atoms with Crippen LogP contribution in [-0.4, -0.2) is 31.1 Å². The summed E-state index contributed by atoms with van der Waals surface area (Å²) in [5.41, 5.74) is 0.651. The molecule has 22 heavy (non-hydrogen) atoms. The van der Waals surface area contributed by atoms with Gasteiger partial charge in [0.1, 0.15) is 0 Å². The Morgan fingerprint density at radius 1 is 1.23 bits per heavy atom.